The van der Waals surface area contributed by atoms with Crippen LogP contribution in [0.1, 0.15) is 23.3 Å². The fourth-order valence-corrected chi connectivity index (χ4v) is 3.84. The molecule has 0 radical (unpaired) electrons. The molecule has 6 nitrogen and oxygen atoms in total. The van der Waals surface area contributed by atoms with Crippen LogP contribution in [0.2, 0.25) is 0 Å². The monoisotopic (exact) mass is 352 g/mol. The van der Waals surface area contributed by atoms with Crippen molar-refractivity contribution in [2.24, 2.45) is 0 Å². The Morgan fingerprint density at radius 3 is 2.58 bits per heavy atom. The van der Waals surface area contributed by atoms with Gasteiger partial charge in [-0.2, -0.15) is 0 Å². The second-order valence-electron chi connectivity index (χ2n) is 7.17. The van der Waals surface area contributed by atoms with Gasteiger partial charge in [-0.1, -0.05) is 24.3 Å². The first kappa shape index (κ1) is 17.0. The lowest BCUT2D eigenvalue weighted by atomic mass is 10.1. The fourth-order valence-electron chi connectivity index (χ4n) is 3.84. The van der Waals surface area contributed by atoms with Gasteiger partial charge in [-0.25, -0.2) is 4.98 Å². The third-order valence-corrected chi connectivity index (χ3v) is 5.43. The van der Waals surface area contributed by atoms with Crippen molar-refractivity contribution in [1.82, 2.24) is 19.7 Å². The van der Waals surface area contributed by atoms with E-state index in [-0.39, 0.29) is 17.9 Å². The number of hydrogen-bond acceptors (Lipinski definition) is 4. The number of piperazine rings is 1. The maximum absolute atomic E-state index is 13.0. The standard InChI is InChI=1S/C20H24N4O2/c1-22-11-13-23(14-12-22)20(26)18-7-4-10-24(18)19(25)17-9-8-15-5-2-3-6-16(15)21-17/h2-3,5-6,8-9,18H,4,7,10-14H2,1H3/t18-/m0/s1. The van der Waals surface area contributed by atoms with Crippen LogP contribution in [0.25, 0.3) is 10.9 Å². The first-order chi connectivity index (χ1) is 12.6. The molecule has 0 saturated carbocycles. The number of fused-ring (bicyclic) bond motifs is 1. The van der Waals surface area contributed by atoms with Gasteiger partial charge in [0.15, 0.2) is 0 Å². The Morgan fingerprint density at radius 1 is 1.00 bits per heavy atom. The molecule has 2 aliphatic heterocycles. The molecule has 2 aromatic rings. The van der Waals surface area contributed by atoms with E-state index in [1.807, 2.05) is 35.2 Å². The molecule has 4 rings (SSSR count). The molecule has 2 saturated heterocycles. The number of rotatable bonds is 2. The van der Waals surface area contributed by atoms with Crippen molar-refractivity contribution in [2.75, 3.05) is 39.8 Å². The Balaban J connectivity index is 1.53. The minimum atomic E-state index is -0.348. The predicted octanol–water partition coefficient (Wildman–Crippen LogP) is 1.61. The number of benzene rings is 1. The van der Waals surface area contributed by atoms with Crippen molar-refractivity contribution in [2.45, 2.75) is 18.9 Å². The average Bonchev–Trinajstić information content (AvgIpc) is 3.17. The van der Waals surface area contributed by atoms with Crippen LogP contribution in [0.5, 0.6) is 0 Å². The zero-order chi connectivity index (χ0) is 18.1. The largest absolute Gasteiger partial charge is 0.338 e. The van der Waals surface area contributed by atoms with Gasteiger partial charge >= 0.3 is 0 Å². The van der Waals surface area contributed by atoms with E-state index in [1.165, 1.54) is 0 Å². The highest BCUT2D eigenvalue weighted by Crippen LogP contribution is 2.23. The van der Waals surface area contributed by atoms with Crippen molar-refractivity contribution in [3.8, 4) is 0 Å². The molecule has 2 amide bonds. The summed E-state index contributed by atoms with van der Waals surface area (Å²) in [5.41, 5.74) is 1.22. The molecule has 1 aromatic carbocycles. The highest BCUT2D eigenvalue weighted by molar-refractivity contribution is 5.98. The molecule has 0 aliphatic carbocycles. The predicted molar refractivity (Wildman–Crippen MR) is 99.9 cm³/mol. The van der Waals surface area contributed by atoms with Crippen LogP contribution in [-0.2, 0) is 4.79 Å². The van der Waals surface area contributed by atoms with Crippen LogP contribution in [0, 0.1) is 0 Å². The van der Waals surface area contributed by atoms with E-state index in [2.05, 4.69) is 16.9 Å². The van der Waals surface area contributed by atoms with Crippen molar-refractivity contribution in [3.05, 3.63) is 42.1 Å². The molecule has 0 spiro atoms. The van der Waals surface area contributed by atoms with Gasteiger partial charge in [-0.15, -0.1) is 0 Å². The quantitative estimate of drug-likeness (QED) is 0.824. The highest BCUT2D eigenvalue weighted by atomic mass is 16.2. The minimum Gasteiger partial charge on any atom is -0.338 e. The van der Waals surface area contributed by atoms with E-state index in [9.17, 15) is 9.59 Å². The molecule has 2 fully saturated rings. The maximum atomic E-state index is 13.0. The molecule has 6 heteroatoms. The van der Waals surface area contributed by atoms with Gasteiger partial charge in [-0.3, -0.25) is 9.59 Å². The summed E-state index contributed by atoms with van der Waals surface area (Å²) in [4.78, 5) is 36.3. The van der Waals surface area contributed by atoms with Crippen molar-refractivity contribution >= 4 is 22.7 Å². The molecule has 0 unspecified atom stereocenters. The number of nitrogens with zero attached hydrogens (tertiary/aromatic N) is 4. The highest BCUT2D eigenvalue weighted by Gasteiger charge is 2.37. The lowest BCUT2D eigenvalue weighted by Crippen LogP contribution is -2.53. The van der Waals surface area contributed by atoms with Crippen molar-refractivity contribution < 1.29 is 9.59 Å². The normalized spacial score (nSPS) is 21.3. The Labute approximate surface area is 153 Å². The summed E-state index contributed by atoms with van der Waals surface area (Å²) >= 11 is 0. The Hall–Kier alpha value is -2.47. The van der Waals surface area contributed by atoms with Crippen LogP contribution in [-0.4, -0.2) is 77.3 Å². The Kier molecular flexibility index (Phi) is 4.59. The molecule has 0 N–H and O–H groups in total. The molecule has 2 aliphatic rings. The number of aromatic nitrogens is 1. The van der Waals surface area contributed by atoms with Crippen LogP contribution < -0.4 is 0 Å². The van der Waals surface area contributed by atoms with E-state index in [0.717, 1.165) is 49.9 Å². The fraction of sp³-hybridized carbons (Fsp3) is 0.450. The number of para-hydroxylation sites is 1. The molecule has 136 valence electrons. The molecular weight excluding hydrogens is 328 g/mol. The third-order valence-electron chi connectivity index (χ3n) is 5.43. The first-order valence-corrected chi connectivity index (χ1v) is 9.27. The summed E-state index contributed by atoms with van der Waals surface area (Å²) in [5.74, 6) is -0.0505. The van der Waals surface area contributed by atoms with Gasteiger partial charge in [-0.05, 0) is 32.0 Å². The number of hydrogen-bond donors (Lipinski definition) is 0. The van der Waals surface area contributed by atoms with Gasteiger partial charge in [0.25, 0.3) is 5.91 Å². The maximum Gasteiger partial charge on any atom is 0.273 e. The third kappa shape index (κ3) is 3.17. The van der Waals surface area contributed by atoms with Gasteiger partial charge in [0.05, 0.1) is 5.52 Å². The van der Waals surface area contributed by atoms with Crippen molar-refractivity contribution in [3.63, 3.8) is 0 Å². The van der Waals surface area contributed by atoms with Gasteiger partial charge < -0.3 is 14.7 Å². The average molecular weight is 352 g/mol. The Morgan fingerprint density at radius 2 is 1.77 bits per heavy atom. The van der Waals surface area contributed by atoms with Crippen LogP contribution in [0.4, 0.5) is 0 Å². The van der Waals surface area contributed by atoms with Gasteiger partial charge in [0.2, 0.25) is 5.91 Å². The van der Waals surface area contributed by atoms with Crippen molar-refractivity contribution in [1.29, 1.82) is 0 Å². The molecule has 1 atom stereocenters. The summed E-state index contributed by atoms with van der Waals surface area (Å²) in [6.07, 6.45) is 1.61. The molecule has 26 heavy (non-hydrogen) atoms. The summed E-state index contributed by atoms with van der Waals surface area (Å²) in [6, 6.07) is 11.1. The number of carbonyl (C=O) groups is 2. The Bertz CT molecular complexity index is 829. The second-order valence-corrected chi connectivity index (χ2v) is 7.17. The second kappa shape index (κ2) is 7.03. The minimum absolute atomic E-state index is 0.0877. The number of likely N-dealkylation sites (tertiary alicyclic amines) is 1. The molecular formula is C20H24N4O2. The van der Waals surface area contributed by atoms with E-state index < -0.39 is 0 Å². The summed E-state index contributed by atoms with van der Waals surface area (Å²) < 4.78 is 0. The molecule has 1 aromatic heterocycles. The van der Waals surface area contributed by atoms with Crippen LogP contribution in [0.3, 0.4) is 0 Å². The summed E-state index contributed by atoms with van der Waals surface area (Å²) in [7, 11) is 2.07. The molecule has 0 bridgehead atoms. The van der Waals surface area contributed by atoms with E-state index in [4.69, 9.17) is 0 Å². The van der Waals surface area contributed by atoms with Gasteiger partial charge in [0, 0.05) is 38.1 Å². The SMILES string of the molecule is CN1CCN(C(=O)[C@@H]2CCCN2C(=O)c2ccc3ccccc3n2)CC1. The van der Waals surface area contributed by atoms with E-state index in [0.29, 0.717) is 12.2 Å². The zero-order valence-electron chi connectivity index (χ0n) is 15.1. The van der Waals surface area contributed by atoms with E-state index in [1.54, 1.807) is 11.0 Å². The number of carbonyl (C=O) groups excluding carboxylic acids is 2. The lowest BCUT2D eigenvalue weighted by molar-refractivity contribution is -0.136. The first-order valence-electron chi connectivity index (χ1n) is 9.27. The smallest absolute Gasteiger partial charge is 0.273 e. The lowest BCUT2D eigenvalue weighted by Gasteiger charge is -2.35. The van der Waals surface area contributed by atoms with Crippen LogP contribution in [0.15, 0.2) is 36.4 Å². The van der Waals surface area contributed by atoms with Crippen LogP contribution >= 0.6 is 0 Å². The van der Waals surface area contributed by atoms with E-state index >= 15 is 0 Å². The number of pyridine rings is 1. The van der Waals surface area contributed by atoms with Gasteiger partial charge in [0.1, 0.15) is 11.7 Å². The topological polar surface area (TPSA) is 56.8 Å². The molecule has 3 heterocycles. The zero-order valence-corrected chi connectivity index (χ0v) is 15.1. The number of amides is 2. The summed E-state index contributed by atoms with van der Waals surface area (Å²) in [6.45, 7) is 3.87. The summed E-state index contributed by atoms with van der Waals surface area (Å²) in [5, 5.41) is 1.01. The number of likely N-dealkylation sites (N-methyl/N-ethyl adjacent to an activating group) is 1.